The maximum Gasteiger partial charge on any atom is 0.534 e. The van der Waals surface area contributed by atoms with Crippen molar-refractivity contribution in [1.29, 1.82) is 0 Å². The minimum Gasteiger partial charge on any atom is -0.372 e. The Bertz CT molecular complexity index is 804. The molecule has 1 aromatic carbocycles. The van der Waals surface area contributed by atoms with Gasteiger partial charge in [0.15, 0.2) is 11.6 Å². The molecule has 2 rings (SSSR count). The Morgan fingerprint density at radius 3 is 2.28 bits per heavy atom. The van der Waals surface area contributed by atoms with Crippen molar-refractivity contribution < 1.29 is 44.2 Å². The number of halogens is 5. The molecule has 1 aliphatic carbocycles. The standard InChI is InChI=1S/C13H12F5NO5S/c1-19(23-2)12(20)7-5-8(14)11(9(10(7)15)6-3-4-6)24-25(21,22)13(16,17)18/h5-6H,3-4H2,1-2H3. The summed E-state index contributed by atoms with van der Waals surface area (Å²) < 4.78 is 92.2. The van der Waals surface area contributed by atoms with E-state index in [4.69, 9.17) is 0 Å². The number of rotatable bonds is 5. The van der Waals surface area contributed by atoms with Gasteiger partial charge in [-0.05, 0) is 24.8 Å². The number of benzene rings is 1. The number of hydrogen-bond acceptors (Lipinski definition) is 5. The fraction of sp³-hybridized carbons (Fsp3) is 0.462. The molecule has 0 saturated heterocycles. The molecule has 1 aliphatic rings. The number of amides is 1. The van der Waals surface area contributed by atoms with Crippen LogP contribution >= 0.6 is 0 Å². The van der Waals surface area contributed by atoms with Gasteiger partial charge < -0.3 is 4.18 Å². The fourth-order valence-electron chi connectivity index (χ4n) is 2.02. The van der Waals surface area contributed by atoms with Crippen molar-refractivity contribution in [1.82, 2.24) is 5.06 Å². The molecule has 0 atom stereocenters. The van der Waals surface area contributed by atoms with E-state index in [0.29, 0.717) is 5.06 Å². The predicted octanol–water partition coefficient (Wildman–Crippen LogP) is 2.70. The molecule has 1 amide bonds. The summed E-state index contributed by atoms with van der Waals surface area (Å²) in [5.41, 5.74) is -7.36. The lowest BCUT2D eigenvalue weighted by Crippen LogP contribution is -2.30. The maximum atomic E-state index is 14.6. The molecule has 0 unspecified atom stereocenters. The highest BCUT2D eigenvalue weighted by Crippen LogP contribution is 2.48. The Hall–Kier alpha value is -1.95. The van der Waals surface area contributed by atoms with E-state index >= 15 is 0 Å². The molecule has 1 fully saturated rings. The van der Waals surface area contributed by atoms with Gasteiger partial charge in [-0.3, -0.25) is 9.63 Å². The topological polar surface area (TPSA) is 72.9 Å². The van der Waals surface area contributed by atoms with E-state index in [-0.39, 0.29) is 18.9 Å². The molecule has 0 N–H and O–H groups in total. The highest BCUT2D eigenvalue weighted by Gasteiger charge is 2.50. The van der Waals surface area contributed by atoms with Crippen molar-refractivity contribution in [3.8, 4) is 5.75 Å². The second kappa shape index (κ2) is 6.41. The molecule has 12 heteroatoms. The largest absolute Gasteiger partial charge is 0.534 e. The third-order valence-electron chi connectivity index (χ3n) is 3.46. The normalized spacial score (nSPS) is 15.2. The monoisotopic (exact) mass is 389 g/mol. The van der Waals surface area contributed by atoms with Gasteiger partial charge in [0.1, 0.15) is 5.82 Å². The van der Waals surface area contributed by atoms with E-state index in [0.717, 1.165) is 14.2 Å². The molecule has 140 valence electrons. The highest BCUT2D eigenvalue weighted by molar-refractivity contribution is 7.88. The summed E-state index contributed by atoms with van der Waals surface area (Å²) in [6.07, 6.45) is 0.549. The van der Waals surface area contributed by atoms with Gasteiger partial charge >= 0.3 is 15.6 Å². The molecule has 0 aromatic heterocycles. The molecule has 1 saturated carbocycles. The van der Waals surface area contributed by atoms with Gasteiger partial charge in [0.2, 0.25) is 0 Å². The van der Waals surface area contributed by atoms with Gasteiger partial charge in [-0.25, -0.2) is 13.8 Å². The summed E-state index contributed by atoms with van der Waals surface area (Å²) in [5, 5.41) is 0.571. The molecular formula is C13H12F5NO5S. The first kappa shape index (κ1) is 19.4. The summed E-state index contributed by atoms with van der Waals surface area (Å²) in [7, 11) is -4.01. The number of carbonyl (C=O) groups excluding carboxylic acids is 1. The number of hydrogen-bond donors (Lipinski definition) is 0. The average molecular weight is 389 g/mol. The van der Waals surface area contributed by atoms with Crippen LogP contribution in [-0.4, -0.2) is 39.1 Å². The Labute approximate surface area is 139 Å². The molecule has 0 heterocycles. The molecule has 1 aromatic rings. The lowest BCUT2D eigenvalue weighted by atomic mass is 10.0. The van der Waals surface area contributed by atoms with E-state index in [1.54, 1.807) is 0 Å². The number of hydroxylamine groups is 2. The average Bonchev–Trinajstić information content (AvgIpc) is 3.32. The van der Waals surface area contributed by atoms with Crippen LogP contribution in [0, 0.1) is 11.6 Å². The third-order valence-corrected chi connectivity index (χ3v) is 4.41. The summed E-state index contributed by atoms with van der Waals surface area (Å²) in [6, 6.07) is 0.264. The van der Waals surface area contributed by atoms with E-state index in [1.807, 2.05) is 0 Å². The molecule has 0 radical (unpaired) electrons. The minimum atomic E-state index is -6.20. The quantitative estimate of drug-likeness (QED) is 0.335. The summed E-state index contributed by atoms with van der Waals surface area (Å²) >= 11 is 0. The molecule has 25 heavy (non-hydrogen) atoms. The van der Waals surface area contributed by atoms with E-state index in [2.05, 4.69) is 9.02 Å². The van der Waals surface area contributed by atoms with Crippen molar-refractivity contribution >= 4 is 16.0 Å². The Morgan fingerprint density at radius 1 is 1.28 bits per heavy atom. The van der Waals surface area contributed by atoms with Crippen LogP contribution < -0.4 is 4.18 Å². The zero-order valence-electron chi connectivity index (χ0n) is 12.9. The van der Waals surface area contributed by atoms with Gasteiger partial charge in [0.25, 0.3) is 5.91 Å². The van der Waals surface area contributed by atoms with E-state index in [1.165, 1.54) is 0 Å². The number of carbonyl (C=O) groups is 1. The Morgan fingerprint density at radius 2 is 1.84 bits per heavy atom. The minimum absolute atomic E-state index is 0.264. The molecule has 6 nitrogen and oxygen atoms in total. The number of nitrogens with zero attached hydrogens (tertiary/aromatic N) is 1. The fourth-order valence-corrected chi connectivity index (χ4v) is 2.50. The van der Waals surface area contributed by atoms with Crippen molar-refractivity contribution in [3.05, 3.63) is 28.8 Å². The predicted molar refractivity (Wildman–Crippen MR) is 73.0 cm³/mol. The molecule has 0 bridgehead atoms. The van der Waals surface area contributed by atoms with Gasteiger partial charge in [-0.1, -0.05) is 0 Å². The van der Waals surface area contributed by atoms with Crippen LogP contribution in [0.3, 0.4) is 0 Å². The highest BCUT2D eigenvalue weighted by atomic mass is 32.2. The van der Waals surface area contributed by atoms with Crippen LogP contribution in [0.5, 0.6) is 5.75 Å². The zero-order chi connectivity index (χ0) is 19.2. The van der Waals surface area contributed by atoms with Gasteiger partial charge in [0, 0.05) is 12.6 Å². The number of alkyl halides is 3. The lowest BCUT2D eigenvalue weighted by molar-refractivity contribution is -0.0759. The summed E-state index contributed by atoms with van der Waals surface area (Å²) in [5.74, 6) is -6.22. The third kappa shape index (κ3) is 3.68. The molecule has 0 aliphatic heterocycles. The first-order valence-corrected chi connectivity index (χ1v) is 8.16. The second-order valence-electron chi connectivity index (χ2n) is 5.21. The van der Waals surface area contributed by atoms with Crippen LogP contribution in [0.15, 0.2) is 6.07 Å². The Kier molecular flexibility index (Phi) is 4.97. The van der Waals surface area contributed by atoms with Gasteiger partial charge in [-0.15, -0.1) is 0 Å². The lowest BCUT2D eigenvalue weighted by Gasteiger charge is -2.18. The van der Waals surface area contributed by atoms with Gasteiger partial charge in [0.05, 0.1) is 12.7 Å². The van der Waals surface area contributed by atoms with Crippen molar-refractivity contribution in [3.63, 3.8) is 0 Å². The van der Waals surface area contributed by atoms with Crippen LogP contribution in [0.25, 0.3) is 0 Å². The first-order chi connectivity index (χ1) is 11.4. The van der Waals surface area contributed by atoms with Gasteiger partial charge in [-0.2, -0.15) is 21.6 Å². The first-order valence-electron chi connectivity index (χ1n) is 6.75. The van der Waals surface area contributed by atoms with E-state index in [9.17, 15) is 35.2 Å². The SMILES string of the molecule is CON(C)C(=O)c1cc(F)c(OS(=O)(=O)C(F)(F)F)c(C2CC2)c1F. The molecule has 0 spiro atoms. The van der Waals surface area contributed by atoms with Crippen molar-refractivity contribution in [2.45, 2.75) is 24.3 Å². The zero-order valence-corrected chi connectivity index (χ0v) is 13.7. The Balaban J connectivity index is 2.60. The molecular weight excluding hydrogens is 377 g/mol. The van der Waals surface area contributed by atoms with Crippen LogP contribution in [0.2, 0.25) is 0 Å². The summed E-state index contributed by atoms with van der Waals surface area (Å²) in [4.78, 5) is 16.5. The van der Waals surface area contributed by atoms with E-state index < -0.39 is 56.0 Å². The van der Waals surface area contributed by atoms with Crippen LogP contribution in [0.4, 0.5) is 22.0 Å². The second-order valence-corrected chi connectivity index (χ2v) is 6.74. The maximum absolute atomic E-state index is 14.6. The van der Waals surface area contributed by atoms with Crippen LogP contribution in [0.1, 0.15) is 34.7 Å². The van der Waals surface area contributed by atoms with Crippen LogP contribution in [-0.2, 0) is 15.0 Å². The van der Waals surface area contributed by atoms with Crippen molar-refractivity contribution in [2.24, 2.45) is 0 Å². The smallest absolute Gasteiger partial charge is 0.372 e. The summed E-state index contributed by atoms with van der Waals surface area (Å²) in [6.45, 7) is 0. The van der Waals surface area contributed by atoms with Crippen molar-refractivity contribution in [2.75, 3.05) is 14.2 Å².